The van der Waals surface area contributed by atoms with Crippen LogP contribution in [0.3, 0.4) is 0 Å². The third-order valence-electron chi connectivity index (χ3n) is 6.63. The summed E-state index contributed by atoms with van der Waals surface area (Å²) < 4.78 is 6.55. The summed E-state index contributed by atoms with van der Waals surface area (Å²) in [6.07, 6.45) is 5.36. The van der Waals surface area contributed by atoms with Crippen LogP contribution < -0.4 is 11.1 Å². The molecule has 0 spiro atoms. The summed E-state index contributed by atoms with van der Waals surface area (Å²) in [6.45, 7) is 0.494. The molecule has 0 radical (unpaired) electrons. The van der Waals surface area contributed by atoms with E-state index in [4.69, 9.17) is 10.5 Å². The van der Waals surface area contributed by atoms with Gasteiger partial charge >= 0.3 is 5.97 Å². The number of esters is 1. The normalized spacial score (nSPS) is 19.4. The maximum atomic E-state index is 12.5. The maximum absolute atomic E-state index is 12.5. The van der Waals surface area contributed by atoms with Crippen molar-refractivity contribution in [3.05, 3.63) is 70.0 Å². The van der Waals surface area contributed by atoms with Crippen LogP contribution in [0.1, 0.15) is 42.7 Å². The van der Waals surface area contributed by atoms with Crippen molar-refractivity contribution in [2.24, 2.45) is 17.6 Å². The number of benzene rings is 1. The number of hydrogen-bond acceptors (Lipinski definition) is 10. The van der Waals surface area contributed by atoms with Gasteiger partial charge in [0.1, 0.15) is 12.8 Å². The topological polar surface area (TPSA) is 150 Å². The van der Waals surface area contributed by atoms with Crippen molar-refractivity contribution in [3.63, 3.8) is 0 Å². The number of pyridine rings is 1. The molecule has 10 nitrogen and oxygen atoms in total. The molecular formula is C25H30N4O6S. The zero-order valence-corrected chi connectivity index (χ0v) is 20.6. The van der Waals surface area contributed by atoms with Crippen molar-refractivity contribution in [1.29, 1.82) is 0 Å². The Morgan fingerprint density at radius 3 is 2.67 bits per heavy atom. The van der Waals surface area contributed by atoms with Gasteiger partial charge < -0.3 is 25.7 Å². The number of aliphatic hydroxyl groups is 1. The minimum absolute atomic E-state index is 0.0801. The zero-order valence-electron chi connectivity index (χ0n) is 19.7. The first-order valence-corrected chi connectivity index (χ1v) is 12.8. The van der Waals surface area contributed by atoms with Gasteiger partial charge in [-0.25, -0.2) is 0 Å². The quantitative estimate of drug-likeness (QED) is 0.150. The lowest BCUT2D eigenvalue weighted by Gasteiger charge is -2.26. The number of nitrogens with two attached hydrogens (primary N) is 1. The summed E-state index contributed by atoms with van der Waals surface area (Å²) in [6, 6.07) is 11.4. The first kappa shape index (κ1) is 25.8. The fourth-order valence-electron chi connectivity index (χ4n) is 4.51. The molecule has 1 aliphatic rings. The van der Waals surface area contributed by atoms with Gasteiger partial charge in [0.25, 0.3) is 5.09 Å². The highest BCUT2D eigenvalue weighted by Gasteiger charge is 2.28. The highest BCUT2D eigenvalue weighted by Crippen LogP contribution is 2.32. The molecule has 4 N–H and O–H groups in total. The van der Waals surface area contributed by atoms with Crippen molar-refractivity contribution >= 4 is 32.4 Å². The van der Waals surface area contributed by atoms with Crippen LogP contribution in [0.5, 0.6) is 0 Å². The van der Waals surface area contributed by atoms with Gasteiger partial charge in [-0.1, -0.05) is 24.3 Å². The van der Waals surface area contributed by atoms with Gasteiger partial charge in [0.05, 0.1) is 22.2 Å². The molecule has 11 heteroatoms. The maximum Gasteiger partial charge on any atom is 0.309 e. The molecule has 0 bridgehead atoms. The van der Waals surface area contributed by atoms with E-state index < -0.39 is 11.3 Å². The van der Waals surface area contributed by atoms with Gasteiger partial charge in [0.15, 0.2) is 0 Å². The Balaban J connectivity index is 1.26. The average Bonchev–Trinajstić information content (AvgIpc) is 3.29. The molecule has 3 aromatic rings. The van der Waals surface area contributed by atoms with Gasteiger partial charge in [-0.3, -0.25) is 9.78 Å². The zero-order chi connectivity index (χ0) is 25.5. The molecule has 1 saturated carbocycles. The second kappa shape index (κ2) is 12.1. The summed E-state index contributed by atoms with van der Waals surface area (Å²) in [4.78, 5) is 31.4. The molecule has 2 aromatic heterocycles. The Hall–Kier alpha value is -3.28. The minimum atomic E-state index is -0.870. The van der Waals surface area contributed by atoms with Gasteiger partial charge in [-0.05, 0) is 60.2 Å². The third-order valence-corrected chi connectivity index (χ3v) is 7.65. The van der Waals surface area contributed by atoms with Crippen LogP contribution in [0, 0.1) is 22.0 Å². The van der Waals surface area contributed by atoms with Crippen LogP contribution in [0.2, 0.25) is 0 Å². The fraction of sp³-hybridized carbons (Fsp3) is 0.440. The second-order valence-electron chi connectivity index (χ2n) is 9.04. The molecule has 192 valence electrons. The minimum Gasteiger partial charge on any atom is -0.461 e. The number of fused-ring (bicyclic) bond motifs is 1. The number of aliphatic hydroxyl groups excluding tert-OH is 1. The van der Waals surface area contributed by atoms with Gasteiger partial charge in [0, 0.05) is 24.9 Å². The number of aromatic nitrogens is 1. The lowest BCUT2D eigenvalue weighted by Crippen LogP contribution is -2.32. The Kier molecular flexibility index (Phi) is 8.68. The van der Waals surface area contributed by atoms with Crippen molar-refractivity contribution < 1.29 is 24.6 Å². The van der Waals surface area contributed by atoms with Crippen molar-refractivity contribution in [1.82, 2.24) is 4.98 Å². The van der Waals surface area contributed by atoms with Gasteiger partial charge in [0.2, 0.25) is 0 Å². The number of rotatable bonds is 11. The molecule has 4 rings (SSSR count). The van der Waals surface area contributed by atoms with E-state index >= 15 is 0 Å². The summed E-state index contributed by atoms with van der Waals surface area (Å²) >= 11 is 1.52. The monoisotopic (exact) mass is 514 g/mol. The van der Waals surface area contributed by atoms with E-state index in [2.05, 4.69) is 15.1 Å². The van der Waals surface area contributed by atoms with Crippen LogP contribution >= 0.6 is 11.3 Å². The molecule has 1 aromatic carbocycles. The highest BCUT2D eigenvalue weighted by atomic mass is 32.1. The molecule has 0 aliphatic heterocycles. The van der Waals surface area contributed by atoms with E-state index in [1.807, 2.05) is 36.4 Å². The number of carbonyl (C=O) groups is 1. The van der Waals surface area contributed by atoms with Crippen molar-refractivity contribution in [3.8, 4) is 0 Å². The molecule has 36 heavy (non-hydrogen) atoms. The van der Waals surface area contributed by atoms with E-state index in [0.717, 1.165) is 26.2 Å². The number of nitrogens with zero attached hydrogens (tertiary/aromatic N) is 2. The first-order chi connectivity index (χ1) is 17.4. The molecule has 2 heterocycles. The van der Waals surface area contributed by atoms with E-state index in [-0.39, 0.29) is 43.5 Å². The number of thiophene rings is 1. The number of anilines is 1. The van der Waals surface area contributed by atoms with E-state index in [1.54, 1.807) is 12.4 Å². The Morgan fingerprint density at radius 2 is 2.00 bits per heavy atom. The number of nitrogens with one attached hydrogen (secondary N) is 1. The van der Waals surface area contributed by atoms with Crippen molar-refractivity contribution in [2.75, 3.05) is 18.5 Å². The lowest BCUT2D eigenvalue weighted by molar-refractivity contribution is -0.759. The molecule has 0 amide bonds. The van der Waals surface area contributed by atoms with E-state index in [0.29, 0.717) is 25.7 Å². The van der Waals surface area contributed by atoms with E-state index in [1.165, 1.54) is 11.3 Å². The SMILES string of the molecule is NC[C@H](c1ccc(COC(=O)C2CCC(CO[N+](=O)[O-])CC2)cc1)[C@H](O)Nc1cc2ccncc2s1. The van der Waals surface area contributed by atoms with Crippen LogP contribution in [0.4, 0.5) is 5.00 Å². The Labute approximate surface area is 212 Å². The molecule has 2 atom stereocenters. The predicted molar refractivity (Wildman–Crippen MR) is 136 cm³/mol. The van der Waals surface area contributed by atoms with Crippen LogP contribution in [-0.4, -0.2) is 40.5 Å². The Morgan fingerprint density at radius 1 is 1.25 bits per heavy atom. The predicted octanol–water partition coefficient (Wildman–Crippen LogP) is 3.83. The molecular weight excluding hydrogens is 484 g/mol. The third kappa shape index (κ3) is 6.68. The highest BCUT2D eigenvalue weighted by molar-refractivity contribution is 7.22. The van der Waals surface area contributed by atoms with Crippen LogP contribution in [0.15, 0.2) is 48.8 Å². The molecule has 1 aliphatic carbocycles. The molecule has 1 fully saturated rings. The van der Waals surface area contributed by atoms with Crippen LogP contribution in [-0.2, 0) is 21.0 Å². The Bertz CT molecular complexity index is 1130. The van der Waals surface area contributed by atoms with Gasteiger partial charge in [-0.2, -0.15) is 0 Å². The summed E-state index contributed by atoms with van der Waals surface area (Å²) in [5.74, 6) is -0.656. The first-order valence-electron chi connectivity index (χ1n) is 11.9. The molecule has 0 saturated heterocycles. The van der Waals surface area contributed by atoms with E-state index in [9.17, 15) is 20.0 Å². The lowest BCUT2D eigenvalue weighted by atomic mass is 9.82. The summed E-state index contributed by atoms with van der Waals surface area (Å²) in [5.41, 5.74) is 7.70. The van der Waals surface area contributed by atoms with Gasteiger partial charge in [-0.15, -0.1) is 21.5 Å². The molecule has 0 unspecified atom stereocenters. The largest absolute Gasteiger partial charge is 0.461 e. The van der Waals surface area contributed by atoms with Crippen molar-refractivity contribution in [2.45, 2.75) is 44.4 Å². The number of ether oxygens (including phenoxy) is 1. The van der Waals surface area contributed by atoms with Crippen LogP contribution in [0.25, 0.3) is 10.1 Å². The fourth-order valence-corrected chi connectivity index (χ4v) is 5.47. The number of hydrogen-bond donors (Lipinski definition) is 3. The average molecular weight is 515 g/mol. The second-order valence-corrected chi connectivity index (χ2v) is 10.1. The summed E-state index contributed by atoms with van der Waals surface area (Å²) in [7, 11) is 0. The summed E-state index contributed by atoms with van der Waals surface area (Å²) in [5, 5.41) is 25.4. The number of carbonyl (C=O) groups excluding carboxylic acids is 1. The standard InChI is InChI=1S/C25H30N4O6S/c26-12-21(24(30)28-23-11-20-9-10-27-13-22(20)36-23)18-5-1-16(2-6-18)14-34-25(31)19-7-3-17(4-8-19)15-35-29(32)33/h1-2,5-6,9-11,13,17,19,21,24,28,30H,3-4,7-8,12,14-15,26H2/t17?,19?,21-,24+/m1/s1. The smallest absolute Gasteiger partial charge is 0.309 e.